The van der Waals surface area contributed by atoms with Crippen molar-refractivity contribution in [1.82, 2.24) is 24.8 Å². The van der Waals surface area contributed by atoms with Crippen molar-refractivity contribution in [3.8, 4) is 27.9 Å². The minimum atomic E-state index is -4.77. The van der Waals surface area contributed by atoms with Gasteiger partial charge in [-0.05, 0) is 48.7 Å². The molecular weight excluding hydrogens is 585 g/mol. The van der Waals surface area contributed by atoms with E-state index in [4.69, 9.17) is 17.3 Å². The molecule has 1 aliphatic carbocycles. The van der Waals surface area contributed by atoms with Crippen LogP contribution in [0, 0.1) is 16.8 Å². The molecule has 0 radical (unpaired) electrons. The van der Waals surface area contributed by atoms with E-state index < -0.39 is 35.5 Å². The Morgan fingerprint density at radius 1 is 1.10 bits per heavy atom. The van der Waals surface area contributed by atoms with Crippen LogP contribution in [0.4, 0.5) is 22.0 Å². The molecule has 2 aromatic carbocycles. The molecule has 42 heavy (non-hydrogen) atoms. The molecule has 15 heteroatoms. The number of hydrogen-bond acceptors (Lipinski definition) is 5. The molecule has 214 valence electrons. The van der Waals surface area contributed by atoms with Gasteiger partial charge in [-0.2, -0.15) is 23.0 Å². The first-order valence-electron chi connectivity index (χ1n) is 12.3. The van der Waals surface area contributed by atoms with Crippen LogP contribution in [0.2, 0.25) is 5.02 Å². The summed E-state index contributed by atoms with van der Waals surface area (Å²) in [6.45, 7) is 0. The number of carbonyl (C=O) groups excluding carboxylic acids is 1. The van der Waals surface area contributed by atoms with Gasteiger partial charge in [-0.15, -0.1) is 5.10 Å². The summed E-state index contributed by atoms with van der Waals surface area (Å²) in [5, 5.41) is 24.0. The van der Waals surface area contributed by atoms with E-state index in [1.54, 1.807) is 16.9 Å². The molecule has 3 heterocycles. The van der Waals surface area contributed by atoms with Gasteiger partial charge in [0.2, 0.25) is 5.69 Å². The third-order valence-corrected chi connectivity index (χ3v) is 7.33. The first kappa shape index (κ1) is 27.3. The Morgan fingerprint density at radius 2 is 1.88 bits per heavy atom. The normalized spacial score (nSPS) is 14.8. The number of alkyl halides is 3. The Morgan fingerprint density at radius 3 is 2.57 bits per heavy atom. The Hall–Kier alpha value is -4.85. The van der Waals surface area contributed by atoms with Gasteiger partial charge in [-0.25, -0.2) is 13.5 Å². The van der Waals surface area contributed by atoms with E-state index in [0.29, 0.717) is 46.2 Å². The van der Waals surface area contributed by atoms with Crippen molar-refractivity contribution in [3.63, 3.8) is 0 Å². The fourth-order valence-corrected chi connectivity index (χ4v) is 5.25. The van der Waals surface area contributed by atoms with E-state index in [9.17, 15) is 27.6 Å². The van der Waals surface area contributed by atoms with E-state index in [-0.39, 0.29) is 27.4 Å². The van der Waals surface area contributed by atoms with Crippen LogP contribution in [0.15, 0.2) is 61.2 Å². The molecule has 2 N–H and O–H groups in total. The number of fused-ring (bicyclic) bond motifs is 1. The number of primary amides is 1. The molecule has 1 aliphatic rings. The lowest BCUT2D eigenvalue weighted by Gasteiger charge is -2.15. The minimum Gasteiger partial charge on any atom is -0.618 e. The molecule has 0 aliphatic heterocycles. The maximum atomic E-state index is 15.4. The number of carbonyl (C=O) groups is 1. The van der Waals surface area contributed by atoms with Gasteiger partial charge in [0.15, 0.2) is 17.7 Å². The second-order valence-electron chi connectivity index (χ2n) is 9.59. The molecule has 0 bridgehead atoms. The summed E-state index contributed by atoms with van der Waals surface area (Å²) in [5.74, 6) is -2.62. The van der Waals surface area contributed by atoms with Gasteiger partial charge >= 0.3 is 6.18 Å². The lowest BCUT2D eigenvalue weighted by molar-refractivity contribution is -0.615. The Bertz CT molecular complexity index is 1890. The molecule has 0 saturated carbocycles. The standard InChI is InChI=1S/C27H17ClF5N7O2/c28-18-4-6-20(39-12-22(36-37-39)27(31,32)33)23(24(18)30)15-7-14-2-5-21(25(14)40(42)11-15)38-10-16(9-35-38)13-1-3-17(26(34)41)19(29)8-13/h1,3-4,6-12,21H,2,5H2,(H2,34,41). The van der Waals surface area contributed by atoms with E-state index in [2.05, 4.69) is 15.4 Å². The van der Waals surface area contributed by atoms with Crippen LogP contribution >= 0.6 is 11.6 Å². The molecule has 9 nitrogen and oxygen atoms in total. The van der Waals surface area contributed by atoms with Gasteiger partial charge in [-0.3, -0.25) is 9.48 Å². The van der Waals surface area contributed by atoms with Gasteiger partial charge in [0.25, 0.3) is 5.91 Å². The third-order valence-electron chi connectivity index (χ3n) is 7.04. The zero-order valence-electron chi connectivity index (χ0n) is 21.1. The monoisotopic (exact) mass is 601 g/mol. The number of rotatable bonds is 5. The van der Waals surface area contributed by atoms with Crippen LogP contribution in [0.5, 0.6) is 0 Å². The molecular formula is C27H17ClF5N7O2. The van der Waals surface area contributed by atoms with Crippen molar-refractivity contribution in [1.29, 1.82) is 0 Å². The Kier molecular flexibility index (Phi) is 6.44. The number of nitrogens with zero attached hydrogens (tertiary/aromatic N) is 6. The molecule has 3 aromatic heterocycles. The van der Waals surface area contributed by atoms with E-state index in [0.717, 1.165) is 16.9 Å². The highest BCUT2D eigenvalue weighted by molar-refractivity contribution is 6.31. The fraction of sp³-hybridized carbons (Fsp3) is 0.148. The average molecular weight is 602 g/mol. The third kappa shape index (κ3) is 4.62. The zero-order valence-corrected chi connectivity index (χ0v) is 21.9. The fourth-order valence-electron chi connectivity index (χ4n) is 5.09. The van der Waals surface area contributed by atoms with Gasteiger partial charge in [0.05, 0.1) is 39.8 Å². The maximum Gasteiger partial charge on any atom is 0.436 e. The number of halogens is 6. The average Bonchev–Trinajstić information content (AvgIpc) is 3.69. The number of nitrogens with two attached hydrogens (primary N) is 1. The van der Waals surface area contributed by atoms with E-state index in [1.807, 2.05) is 0 Å². The van der Waals surface area contributed by atoms with Gasteiger partial charge < -0.3 is 10.9 Å². The summed E-state index contributed by atoms with van der Waals surface area (Å²) in [4.78, 5) is 11.3. The molecule has 1 atom stereocenters. The minimum absolute atomic E-state index is 0.0784. The van der Waals surface area contributed by atoms with Crippen LogP contribution in [0.3, 0.4) is 0 Å². The summed E-state index contributed by atoms with van der Waals surface area (Å²) >= 11 is 6.00. The van der Waals surface area contributed by atoms with Gasteiger partial charge in [0, 0.05) is 17.3 Å². The largest absolute Gasteiger partial charge is 0.618 e. The highest BCUT2D eigenvalue weighted by Crippen LogP contribution is 2.38. The van der Waals surface area contributed by atoms with Crippen molar-refractivity contribution in [3.05, 3.63) is 106 Å². The number of aryl methyl sites for hydroxylation is 1. The van der Waals surface area contributed by atoms with Crippen molar-refractivity contribution in [2.45, 2.75) is 25.1 Å². The maximum absolute atomic E-state index is 15.4. The second kappa shape index (κ2) is 9.91. The van der Waals surface area contributed by atoms with E-state index >= 15 is 4.39 Å². The summed E-state index contributed by atoms with van der Waals surface area (Å²) < 4.78 is 71.9. The Labute approximate surface area is 238 Å². The smallest absolute Gasteiger partial charge is 0.436 e. The summed E-state index contributed by atoms with van der Waals surface area (Å²) in [5.41, 5.74) is 5.29. The quantitative estimate of drug-likeness (QED) is 0.172. The Balaban J connectivity index is 1.37. The lowest BCUT2D eigenvalue weighted by atomic mass is 10.0. The first-order valence-corrected chi connectivity index (χ1v) is 12.7. The van der Waals surface area contributed by atoms with Crippen LogP contribution < -0.4 is 10.5 Å². The summed E-state index contributed by atoms with van der Waals surface area (Å²) in [6.07, 6.45) is 0.942. The lowest BCUT2D eigenvalue weighted by Crippen LogP contribution is -2.34. The number of hydrogen-bond donors (Lipinski definition) is 1. The van der Waals surface area contributed by atoms with Crippen molar-refractivity contribution < 1.29 is 31.5 Å². The first-order chi connectivity index (χ1) is 19.9. The van der Waals surface area contributed by atoms with Crippen molar-refractivity contribution in [2.75, 3.05) is 0 Å². The molecule has 0 fully saturated rings. The predicted octanol–water partition coefficient (Wildman–Crippen LogP) is 5.02. The van der Waals surface area contributed by atoms with Crippen LogP contribution in [-0.4, -0.2) is 30.7 Å². The highest BCUT2D eigenvalue weighted by Gasteiger charge is 2.36. The molecule has 0 spiro atoms. The van der Waals surface area contributed by atoms with Crippen LogP contribution in [0.25, 0.3) is 27.9 Å². The SMILES string of the molecule is NC(=O)c1ccc(-c2cnn(C3CCc4cc(-c5c(-n6cc(C(F)(F)F)nn6)ccc(Cl)c5F)c[n+]([O-])c43)c2)cc1F. The molecule has 5 aromatic rings. The topological polar surface area (TPSA) is 119 Å². The number of amides is 1. The number of benzene rings is 2. The number of aromatic nitrogens is 6. The second-order valence-corrected chi connectivity index (χ2v) is 10.00. The molecule has 1 amide bonds. The van der Waals surface area contributed by atoms with Crippen LogP contribution in [-0.2, 0) is 12.6 Å². The summed E-state index contributed by atoms with van der Waals surface area (Å²) in [6, 6.07) is 7.47. The molecule has 1 unspecified atom stereocenters. The van der Waals surface area contributed by atoms with Gasteiger partial charge in [0.1, 0.15) is 11.9 Å². The number of pyridine rings is 1. The van der Waals surface area contributed by atoms with Crippen molar-refractivity contribution >= 4 is 17.5 Å². The van der Waals surface area contributed by atoms with E-state index in [1.165, 1.54) is 30.5 Å². The molecule has 6 rings (SSSR count). The van der Waals surface area contributed by atoms with Crippen molar-refractivity contribution in [2.24, 2.45) is 5.73 Å². The highest BCUT2D eigenvalue weighted by atomic mass is 35.5. The van der Waals surface area contributed by atoms with Crippen LogP contribution in [0.1, 0.15) is 39.8 Å². The predicted molar refractivity (Wildman–Crippen MR) is 138 cm³/mol. The van der Waals surface area contributed by atoms with Gasteiger partial charge in [-0.1, -0.05) is 22.9 Å². The molecule has 0 saturated heterocycles. The summed E-state index contributed by atoms with van der Waals surface area (Å²) in [7, 11) is 0. The zero-order chi connectivity index (χ0) is 29.9.